The molecule has 0 saturated carbocycles. The summed E-state index contributed by atoms with van der Waals surface area (Å²) in [6.45, 7) is 2.41. The number of nitro groups is 1. The number of carbonyl (C=O) groups excluding carboxylic acids is 1. The molecule has 1 N–H and O–H groups in total. The summed E-state index contributed by atoms with van der Waals surface area (Å²) in [6, 6.07) is 14.2. The molecule has 1 aliphatic rings. The van der Waals surface area contributed by atoms with Gasteiger partial charge in [0.15, 0.2) is 0 Å². The Hall–Kier alpha value is -3.74. The van der Waals surface area contributed by atoms with Crippen molar-refractivity contribution in [3.05, 3.63) is 87.7 Å². The first-order valence-electron chi connectivity index (χ1n) is 8.90. The van der Waals surface area contributed by atoms with E-state index in [2.05, 4.69) is 10.3 Å². The number of nitro benzene ring substituents is 1. The van der Waals surface area contributed by atoms with E-state index in [-0.39, 0.29) is 11.6 Å². The van der Waals surface area contributed by atoms with E-state index in [4.69, 9.17) is 0 Å². The molecule has 1 aliphatic heterocycles. The topological polar surface area (TPSA) is 88.4 Å². The highest BCUT2D eigenvalue weighted by Gasteiger charge is 2.26. The maximum absolute atomic E-state index is 12.7. The van der Waals surface area contributed by atoms with E-state index in [0.717, 1.165) is 28.9 Å². The zero-order valence-electron chi connectivity index (χ0n) is 15.3. The standard InChI is InChI=1S/C21H18N4O3/c1-14-4-6-18(20(11-14)25(27)28)23-17-5-7-19-15(12-17)8-10-24(19)21(26)16-3-2-9-22-13-16/h2-7,9,11-13,23H,8,10H2,1H3. The molecule has 0 bridgehead atoms. The largest absolute Gasteiger partial charge is 0.350 e. The lowest BCUT2D eigenvalue weighted by atomic mass is 10.1. The predicted molar refractivity (Wildman–Crippen MR) is 107 cm³/mol. The first-order chi connectivity index (χ1) is 13.5. The minimum atomic E-state index is -0.392. The highest BCUT2D eigenvalue weighted by molar-refractivity contribution is 6.07. The average Bonchev–Trinajstić information content (AvgIpc) is 3.12. The number of aromatic nitrogens is 1. The first kappa shape index (κ1) is 17.7. The monoisotopic (exact) mass is 374 g/mol. The van der Waals surface area contributed by atoms with Crippen LogP contribution in [0.1, 0.15) is 21.5 Å². The number of nitrogens with zero attached hydrogens (tertiary/aromatic N) is 3. The lowest BCUT2D eigenvalue weighted by Crippen LogP contribution is -2.28. The number of benzene rings is 2. The Balaban J connectivity index is 1.60. The molecule has 140 valence electrons. The minimum absolute atomic E-state index is 0.0360. The molecule has 0 fully saturated rings. The third-order valence-electron chi connectivity index (χ3n) is 4.76. The van der Waals surface area contributed by atoms with Crippen LogP contribution >= 0.6 is 0 Å². The molecule has 1 aromatic heterocycles. The number of hydrogen-bond donors (Lipinski definition) is 1. The molecule has 0 radical (unpaired) electrons. The Morgan fingerprint density at radius 1 is 1.21 bits per heavy atom. The Morgan fingerprint density at radius 2 is 2.07 bits per heavy atom. The lowest BCUT2D eigenvalue weighted by molar-refractivity contribution is -0.384. The summed E-state index contributed by atoms with van der Waals surface area (Å²) < 4.78 is 0. The van der Waals surface area contributed by atoms with Crippen molar-refractivity contribution in [3.8, 4) is 0 Å². The summed E-state index contributed by atoms with van der Waals surface area (Å²) in [5, 5.41) is 14.5. The van der Waals surface area contributed by atoms with Gasteiger partial charge in [0.25, 0.3) is 11.6 Å². The number of amides is 1. The normalized spacial score (nSPS) is 12.5. The zero-order valence-corrected chi connectivity index (χ0v) is 15.3. The zero-order chi connectivity index (χ0) is 19.7. The van der Waals surface area contributed by atoms with E-state index in [9.17, 15) is 14.9 Å². The van der Waals surface area contributed by atoms with Crippen LogP contribution in [0, 0.1) is 17.0 Å². The molecule has 2 heterocycles. The highest BCUT2D eigenvalue weighted by Crippen LogP contribution is 2.34. The summed E-state index contributed by atoms with van der Waals surface area (Å²) in [5.41, 5.74) is 4.49. The molecule has 1 amide bonds. The molecule has 0 unspecified atom stereocenters. The van der Waals surface area contributed by atoms with Crippen molar-refractivity contribution in [2.24, 2.45) is 0 Å². The molecular formula is C21H18N4O3. The van der Waals surface area contributed by atoms with Crippen molar-refractivity contribution in [1.82, 2.24) is 4.98 Å². The van der Waals surface area contributed by atoms with Crippen LogP contribution in [0.15, 0.2) is 60.9 Å². The molecule has 0 aliphatic carbocycles. The van der Waals surface area contributed by atoms with Crippen LogP contribution in [0.3, 0.4) is 0 Å². The van der Waals surface area contributed by atoms with Gasteiger partial charge in [0.05, 0.1) is 10.5 Å². The van der Waals surface area contributed by atoms with E-state index in [1.807, 2.05) is 31.2 Å². The van der Waals surface area contributed by atoms with Gasteiger partial charge in [0, 0.05) is 36.4 Å². The fraction of sp³-hybridized carbons (Fsp3) is 0.143. The van der Waals surface area contributed by atoms with Gasteiger partial charge in [-0.3, -0.25) is 19.9 Å². The van der Waals surface area contributed by atoms with E-state index < -0.39 is 4.92 Å². The number of pyridine rings is 1. The third-order valence-corrected chi connectivity index (χ3v) is 4.76. The van der Waals surface area contributed by atoms with Crippen molar-refractivity contribution >= 4 is 28.7 Å². The van der Waals surface area contributed by atoms with Crippen LogP contribution in [0.25, 0.3) is 0 Å². The Morgan fingerprint density at radius 3 is 2.82 bits per heavy atom. The fourth-order valence-corrected chi connectivity index (χ4v) is 3.39. The van der Waals surface area contributed by atoms with E-state index in [0.29, 0.717) is 17.8 Å². The van der Waals surface area contributed by atoms with Gasteiger partial charge in [0.1, 0.15) is 5.69 Å². The number of aryl methyl sites for hydroxylation is 1. The van der Waals surface area contributed by atoms with Crippen molar-refractivity contribution < 1.29 is 9.72 Å². The van der Waals surface area contributed by atoms with Crippen molar-refractivity contribution in [2.75, 3.05) is 16.8 Å². The first-order valence-corrected chi connectivity index (χ1v) is 8.90. The SMILES string of the molecule is Cc1ccc(Nc2ccc3c(c2)CCN3C(=O)c2cccnc2)c([N+](=O)[O-])c1. The molecule has 7 heteroatoms. The second kappa shape index (κ2) is 7.11. The number of anilines is 3. The van der Waals surface area contributed by atoms with Gasteiger partial charge in [-0.15, -0.1) is 0 Å². The van der Waals surface area contributed by atoms with Gasteiger partial charge in [0.2, 0.25) is 0 Å². The third kappa shape index (κ3) is 3.29. The molecular weight excluding hydrogens is 356 g/mol. The summed E-state index contributed by atoms with van der Waals surface area (Å²) in [7, 11) is 0. The molecule has 0 saturated heterocycles. The molecule has 4 rings (SSSR count). The van der Waals surface area contributed by atoms with Crippen LogP contribution in [0.4, 0.5) is 22.7 Å². The Labute approximate surface area is 161 Å². The molecule has 0 atom stereocenters. The molecule has 28 heavy (non-hydrogen) atoms. The number of fused-ring (bicyclic) bond motifs is 1. The minimum Gasteiger partial charge on any atom is -0.350 e. The maximum atomic E-state index is 12.7. The quantitative estimate of drug-likeness (QED) is 0.545. The Kier molecular flexibility index (Phi) is 4.49. The smallest absolute Gasteiger partial charge is 0.292 e. The van der Waals surface area contributed by atoms with Gasteiger partial charge >= 0.3 is 0 Å². The van der Waals surface area contributed by atoms with E-state index in [1.54, 1.807) is 41.6 Å². The van der Waals surface area contributed by atoms with Gasteiger partial charge in [-0.1, -0.05) is 6.07 Å². The Bertz CT molecular complexity index is 1070. The fourth-order valence-electron chi connectivity index (χ4n) is 3.39. The van der Waals surface area contributed by atoms with Crippen LogP contribution in [-0.4, -0.2) is 22.4 Å². The van der Waals surface area contributed by atoms with Crippen LogP contribution in [-0.2, 0) is 6.42 Å². The van der Waals surface area contributed by atoms with Crippen molar-refractivity contribution in [2.45, 2.75) is 13.3 Å². The molecule has 3 aromatic rings. The van der Waals surface area contributed by atoms with Gasteiger partial charge in [-0.25, -0.2) is 0 Å². The maximum Gasteiger partial charge on any atom is 0.292 e. The number of carbonyl (C=O) groups is 1. The summed E-state index contributed by atoms with van der Waals surface area (Å²) in [4.78, 5) is 29.4. The van der Waals surface area contributed by atoms with Crippen LogP contribution < -0.4 is 10.2 Å². The summed E-state index contributed by atoms with van der Waals surface area (Å²) >= 11 is 0. The molecule has 0 spiro atoms. The second-order valence-electron chi connectivity index (χ2n) is 6.69. The summed E-state index contributed by atoms with van der Waals surface area (Å²) in [5.74, 6) is -0.0817. The molecule has 7 nitrogen and oxygen atoms in total. The van der Waals surface area contributed by atoms with Crippen LogP contribution in [0.5, 0.6) is 0 Å². The average molecular weight is 374 g/mol. The highest BCUT2D eigenvalue weighted by atomic mass is 16.6. The molecule has 2 aromatic carbocycles. The van der Waals surface area contributed by atoms with Gasteiger partial charge in [-0.05, 0) is 60.9 Å². The van der Waals surface area contributed by atoms with Crippen molar-refractivity contribution in [1.29, 1.82) is 0 Å². The number of hydrogen-bond acceptors (Lipinski definition) is 5. The number of nitrogens with one attached hydrogen (secondary N) is 1. The second-order valence-corrected chi connectivity index (χ2v) is 6.69. The number of rotatable bonds is 4. The predicted octanol–water partition coefficient (Wildman–Crippen LogP) is 4.24. The van der Waals surface area contributed by atoms with E-state index in [1.165, 1.54) is 0 Å². The lowest BCUT2D eigenvalue weighted by Gasteiger charge is -2.17. The summed E-state index contributed by atoms with van der Waals surface area (Å²) in [6.07, 6.45) is 3.93. The van der Waals surface area contributed by atoms with Gasteiger partial charge in [-0.2, -0.15) is 0 Å². The van der Waals surface area contributed by atoms with Crippen LogP contribution in [0.2, 0.25) is 0 Å². The van der Waals surface area contributed by atoms with Gasteiger partial charge < -0.3 is 10.2 Å². The van der Waals surface area contributed by atoms with E-state index >= 15 is 0 Å². The van der Waals surface area contributed by atoms with Crippen molar-refractivity contribution in [3.63, 3.8) is 0 Å².